The number of hydrogen-bond donors (Lipinski definition) is 2. The molecule has 0 spiro atoms. The second kappa shape index (κ2) is 8.73. The van der Waals surface area contributed by atoms with Gasteiger partial charge in [0.25, 0.3) is 0 Å². The van der Waals surface area contributed by atoms with Gasteiger partial charge < -0.3 is 15.5 Å². The predicted molar refractivity (Wildman–Crippen MR) is 108 cm³/mol. The first-order chi connectivity index (χ1) is 13.0. The fraction of sp³-hybridized carbons (Fsp3) is 0.579. The molecule has 0 aliphatic carbocycles. The van der Waals surface area contributed by atoms with E-state index in [0.29, 0.717) is 31.9 Å². The van der Waals surface area contributed by atoms with Crippen LogP contribution >= 0.6 is 0 Å². The largest absolute Gasteiger partial charge is 0.357 e. The van der Waals surface area contributed by atoms with E-state index < -0.39 is 9.84 Å². The fourth-order valence-electron chi connectivity index (χ4n) is 3.45. The van der Waals surface area contributed by atoms with Crippen LogP contribution in [0.1, 0.15) is 38.2 Å². The minimum absolute atomic E-state index is 0.0831. The molecular weight excluding hydrogens is 364 g/mol. The highest BCUT2D eigenvalue weighted by Crippen LogP contribution is 2.21. The molecule has 1 unspecified atom stereocenters. The van der Waals surface area contributed by atoms with Gasteiger partial charge in [-0.25, -0.2) is 13.4 Å². The summed E-state index contributed by atoms with van der Waals surface area (Å²) in [6.45, 7) is 3.96. The van der Waals surface area contributed by atoms with Crippen LogP contribution in [0.2, 0.25) is 0 Å². The molecule has 2 aliphatic rings. The van der Waals surface area contributed by atoms with Gasteiger partial charge in [-0.15, -0.1) is 0 Å². The molecule has 2 N–H and O–H groups in total. The van der Waals surface area contributed by atoms with E-state index in [4.69, 9.17) is 0 Å². The molecule has 3 rings (SSSR count). The third-order valence-electron chi connectivity index (χ3n) is 4.91. The van der Waals surface area contributed by atoms with Crippen LogP contribution in [0.15, 0.2) is 29.3 Å². The molecule has 0 radical (unpaired) electrons. The molecule has 2 saturated heterocycles. The number of amides is 1. The van der Waals surface area contributed by atoms with Gasteiger partial charge in [-0.3, -0.25) is 4.79 Å². The number of nitrogens with one attached hydrogen (secondary N) is 2. The maximum Gasteiger partial charge on any atom is 0.226 e. The quantitative estimate of drug-likeness (QED) is 0.585. The van der Waals surface area contributed by atoms with Crippen molar-refractivity contribution < 1.29 is 13.2 Å². The lowest BCUT2D eigenvalue weighted by molar-refractivity contribution is -0.119. The summed E-state index contributed by atoms with van der Waals surface area (Å²) in [4.78, 5) is 18.4. The van der Waals surface area contributed by atoms with E-state index in [1.807, 2.05) is 36.1 Å². The summed E-state index contributed by atoms with van der Waals surface area (Å²) >= 11 is 0. The zero-order chi connectivity index (χ0) is 19.3. The standard InChI is InChI=1S/C19H28N4O3S/c1-2-20-19(22-16-10-12-27(25,26)14-16)21-13-15-6-8-17(9-7-15)23-11-4-3-5-18(23)24/h6-9,16H,2-5,10-14H2,1H3,(H2,20,21,22). The zero-order valence-electron chi connectivity index (χ0n) is 15.8. The van der Waals surface area contributed by atoms with E-state index in [1.165, 1.54) is 0 Å². The highest BCUT2D eigenvalue weighted by atomic mass is 32.2. The number of carbonyl (C=O) groups is 1. The van der Waals surface area contributed by atoms with E-state index in [0.717, 1.165) is 30.6 Å². The molecule has 1 atom stereocenters. The summed E-state index contributed by atoms with van der Waals surface area (Å²) in [5, 5.41) is 6.39. The van der Waals surface area contributed by atoms with E-state index in [-0.39, 0.29) is 23.5 Å². The van der Waals surface area contributed by atoms with Crippen molar-refractivity contribution in [3.8, 4) is 0 Å². The number of hydrogen-bond acceptors (Lipinski definition) is 4. The van der Waals surface area contributed by atoms with Crippen LogP contribution in [0, 0.1) is 0 Å². The molecule has 0 bridgehead atoms. The van der Waals surface area contributed by atoms with Crippen molar-refractivity contribution in [1.29, 1.82) is 0 Å². The number of rotatable bonds is 5. The first-order valence-corrected chi connectivity index (χ1v) is 11.4. The van der Waals surface area contributed by atoms with Crippen LogP contribution in [0.5, 0.6) is 0 Å². The Morgan fingerprint density at radius 1 is 1.26 bits per heavy atom. The molecule has 7 nitrogen and oxygen atoms in total. The van der Waals surface area contributed by atoms with E-state index in [9.17, 15) is 13.2 Å². The summed E-state index contributed by atoms with van der Waals surface area (Å²) in [6.07, 6.45) is 3.27. The van der Waals surface area contributed by atoms with Gasteiger partial charge in [0.05, 0.1) is 18.1 Å². The molecule has 0 aromatic heterocycles. The highest BCUT2D eigenvalue weighted by molar-refractivity contribution is 7.91. The van der Waals surface area contributed by atoms with Crippen LogP contribution in [0.25, 0.3) is 0 Å². The monoisotopic (exact) mass is 392 g/mol. The van der Waals surface area contributed by atoms with Crippen LogP contribution in [-0.4, -0.2) is 50.9 Å². The van der Waals surface area contributed by atoms with Gasteiger partial charge in [-0.1, -0.05) is 12.1 Å². The molecule has 2 fully saturated rings. The molecule has 2 heterocycles. The molecule has 1 amide bonds. The third kappa shape index (κ3) is 5.45. The van der Waals surface area contributed by atoms with Gasteiger partial charge in [0.15, 0.2) is 15.8 Å². The number of carbonyl (C=O) groups excluding carboxylic acids is 1. The first-order valence-electron chi connectivity index (χ1n) is 9.61. The Morgan fingerprint density at radius 2 is 2.04 bits per heavy atom. The van der Waals surface area contributed by atoms with Crippen LogP contribution in [0.4, 0.5) is 5.69 Å². The molecule has 27 heavy (non-hydrogen) atoms. The van der Waals surface area contributed by atoms with Gasteiger partial charge >= 0.3 is 0 Å². The second-order valence-corrected chi connectivity index (χ2v) is 9.34. The lowest BCUT2D eigenvalue weighted by Crippen LogP contribution is -2.44. The van der Waals surface area contributed by atoms with Crippen LogP contribution in [-0.2, 0) is 21.2 Å². The van der Waals surface area contributed by atoms with Crippen LogP contribution < -0.4 is 15.5 Å². The highest BCUT2D eigenvalue weighted by Gasteiger charge is 2.28. The van der Waals surface area contributed by atoms with E-state index in [2.05, 4.69) is 15.6 Å². The van der Waals surface area contributed by atoms with Gasteiger partial charge in [0.2, 0.25) is 5.91 Å². The average Bonchev–Trinajstić information content (AvgIpc) is 2.99. The topological polar surface area (TPSA) is 90.9 Å². The number of piperidine rings is 1. The fourth-order valence-corrected chi connectivity index (χ4v) is 5.13. The first kappa shape index (κ1) is 19.7. The summed E-state index contributed by atoms with van der Waals surface area (Å²) in [5.41, 5.74) is 1.98. The summed E-state index contributed by atoms with van der Waals surface area (Å²) < 4.78 is 23.2. The van der Waals surface area contributed by atoms with Crippen molar-refractivity contribution in [3.63, 3.8) is 0 Å². The lowest BCUT2D eigenvalue weighted by Gasteiger charge is -2.26. The number of nitrogens with zero attached hydrogens (tertiary/aromatic N) is 2. The van der Waals surface area contributed by atoms with Gasteiger partial charge in [-0.05, 0) is 43.9 Å². The third-order valence-corrected chi connectivity index (χ3v) is 6.68. The molecule has 1 aromatic carbocycles. The average molecular weight is 393 g/mol. The Balaban J connectivity index is 1.61. The Labute approximate surface area is 161 Å². The maximum atomic E-state index is 12.0. The Hall–Kier alpha value is -2.09. The number of aliphatic imine (C=N–C) groups is 1. The summed E-state index contributed by atoms with van der Waals surface area (Å²) in [6, 6.07) is 7.84. The van der Waals surface area contributed by atoms with Gasteiger partial charge in [0, 0.05) is 31.2 Å². The van der Waals surface area contributed by atoms with Crippen molar-refractivity contribution in [1.82, 2.24) is 10.6 Å². The van der Waals surface area contributed by atoms with E-state index >= 15 is 0 Å². The van der Waals surface area contributed by atoms with Crippen molar-refractivity contribution in [2.75, 3.05) is 29.5 Å². The summed E-state index contributed by atoms with van der Waals surface area (Å²) in [7, 11) is -2.92. The van der Waals surface area contributed by atoms with Crippen molar-refractivity contribution in [3.05, 3.63) is 29.8 Å². The zero-order valence-corrected chi connectivity index (χ0v) is 16.6. The lowest BCUT2D eigenvalue weighted by atomic mass is 10.1. The number of guanidine groups is 1. The molecule has 2 aliphatic heterocycles. The maximum absolute atomic E-state index is 12.0. The van der Waals surface area contributed by atoms with Gasteiger partial charge in [0.1, 0.15) is 0 Å². The molecule has 0 saturated carbocycles. The summed E-state index contributed by atoms with van der Waals surface area (Å²) in [5.74, 6) is 1.23. The molecule has 148 valence electrons. The van der Waals surface area contributed by atoms with Crippen molar-refractivity contribution in [2.45, 2.75) is 45.2 Å². The van der Waals surface area contributed by atoms with Crippen molar-refractivity contribution >= 4 is 27.4 Å². The Morgan fingerprint density at radius 3 is 2.67 bits per heavy atom. The SMILES string of the molecule is CCNC(=NCc1ccc(N2CCCCC2=O)cc1)NC1CCS(=O)(=O)C1. The van der Waals surface area contributed by atoms with E-state index in [1.54, 1.807) is 0 Å². The molecule has 8 heteroatoms. The smallest absolute Gasteiger partial charge is 0.226 e. The van der Waals surface area contributed by atoms with Crippen molar-refractivity contribution in [2.24, 2.45) is 4.99 Å². The minimum atomic E-state index is -2.92. The Bertz CT molecular complexity index is 790. The number of sulfone groups is 1. The number of benzene rings is 1. The molecular formula is C19H28N4O3S. The van der Waals surface area contributed by atoms with Gasteiger partial charge in [-0.2, -0.15) is 0 Å². The Kier molecular flexibility index (Phi) is 6.36. The minimum Gasteiger partial charge on any atom is -0.357 e. The normalized spacial score (nSPS) is 22.7. The molecule has 1 aromatic rings. The number of anilines is 1. The predicted octanol–water partition coefficient (Wildman–Crippen LogP) is 1.45. The second-order valence-electron chi connectivity index (χ2n) is 7.11. The van der Waals surface area contributed by atoms with Crippen LogP contribution in [0.3, 0.4) is 0 Å².